The van der Waals surface area contributed by atoms with Gasteiger partial charge in [-0.2, -0.15) is 0 Å². The van der Waals surface area contributed by atoms with Crippen LogP contribution in [0.15, 0.2) is 24.3 Å². The van der Waals surface area contributed by atoms with E-state index < -0.39 is 0 Å². The fourth-order valence-corrected chi connectivity index (χ4v) is 3.32. The van der Waals surface area contributed by atoms with Crippen LogP contribution in [0.3, 0.4) is 0 Å². The Hall–Kier alpha value is -2.08. The molecular weight excluding hydrogens is 308 g/mol. The van der Waals surface area contributed by atoms with Crippen LogP contribution in [-0.4, -0.2) is 61.1 Å². The van der Waals surface area contributed by atoms with Crippen LogP contribution >= 0.6 is 0 Å². The Kier molecular flexibility index (Phi) is 5.04. The Labute approximate surface area is 142 Å². The van der Waals surface area contributed by atoms with Crippen LogP contribution in [0.4, 0.5) is 0 Å². The Balaban J connectivity index is 1.59. The molecule has 1 aromatic carbocycles. The lowest BCUT2D eigenvalue weighted by molar-refractivity contribution is -0.142. The Morgan fingerprint density at radius 1 is 1.29 bits per heavy atom. The molecule has 1 aromatic rings. The molecule has 2 atom stereocenters. The smallest absolute Gasteiger partial charge is 0.228 e. The molecule has 2 amide bonds. The largest absolute Gasteiger partial charge is 0.497 e. The van der Waals surface area contributed by atoms with E-state index in [0.29, 0.717) is 39.2 Å². The summed E-state index contributed by atoms with van der Waals surface area (Å²) in [4.78, 5) is 28.5. The molecule has 0 aromatic heterocycles. The van der Waals surface area contributed by atoms with Gasteiger partial charge in [-0.15, -0.1) is 0 Å². The molecule has 0 bridgehead atoms. The third kappa shape index (κ3) is 3.70. The van der Waals surface area contributed by atoms with Crippen LogP contribution in [0.2, 0.25) is 0 Å². The number of ether oxygens (including phenoxy) is 2. The van der Waals surface area contributed by atoms with Gasteiger partial charge in [-0.25, -0.2) is 0 Å². The fraction of sp³-hybridized carbons (Fsp3) is 0.556. The Morgan fingerprint density at radius 3 is 2.71 bits per heavy atom. The molecule has 2 heterocycles. The molecule has 2 unspecified atom stereocenters. The lowest BCUT2D eigenvalue weighted by atomic mass is 10.1. The van der Waals surface area contributed by atoms with E-state index in [4.69, 9.17) is 9.47 Å². The van der Waals surface area contributed by atoms with Crippen LogP contribution in [0.1, 0.15) is 18.9 Å². The zero-order valence-corrected chi connectivity index (χ0v) is 14.2. The van der Waals surface area contributed by atoms with Crippen LogP contribution < -0.4 is 4.74 Å². The molecule has 2 aliphatic rings. The number of likely N-dealkylation sites (tertiary alicyclic amines) is 1. The molecule has 2 fully saturated rings. The van der Waals surface area contributed by atoms with E-state index >= 15 is 0 Å². The number of rotatable bonds is 4. The summed E-state index contributed by atoms with van der Waals surface area (Å²) in [6.07, 6.45) is 0.371. The maximum Gasteiger partial charge on any atom is 0.228 e. The minimum Gasteiger partial charge on any atom is -0.497 e. The molecule has 130 valence electrons. The van der Waals surface area contributed by atoms with Gasteiger partial charge in [0.15, 0.2) is 0 Å². The summed E-state index contributed by atoms with van der Waals surface area (Å²) in [5, 5.41) is 0. The first-order chi connectivity index (χ1) is 11.6. The van der Waals surface area contributed by atoms with Gasteiger partial charge in [-0.05, 0) is 24.6 Å². The number of carbonyl (C=O) groups is 2. The SMILES string of the molecule is COc1ccc(CN2CC(C(=O)N3CCOC(C)C3)CC2=O)cc1. The van der Waals surface area contributed by atoms with Crippen molar-refractivity contribution < 1.29 is 19.1 Å². The van der Waals surface area contributed by atoms with Crippen molar-refractivity contribution in [1.82, 2.24) is 9.80 Å². The molecule has 6 heteroatoms. The van der Waals surface area contributed by atoms with Crippen molar-refractivity contribution in [3.8, 4) is 5.75 Å². The predicted octanol–water partition coefficient (Wildman–Crippen LogP) is 1.29. The van der Waals surface area contributed by atoms with Gasteiger partial charge in [0.1, 0.15) is 5.75 Å². The highest BCUT2D eigenvalue weighted by Gasteiger charge is 2.37. The van der Waals surface area contributed by atoms with E-state index in [1.807, 2.05) is 36.1 Å². The zero-order chi connectivity index (χ0) is 17.1. The lowest BCUT2D eigenvalue weighted by Crippen LogP contribution is -2.47. The van der Waals surface area contributed by atoms with E-state index in [1.54, 1.807) is 12.0 Å². The average Bonchev–Trinajstić information content (AvgIpc) is 2.95. The Morgan fingerprint density at radius 2 is 2.04 bits per heavy atom. The van der Waals surface area contributed by atoms with Gasteiger partial charge in [0.25, 0.3) is 0 Å². The van der Waals surface area contributed by atoms with Gasteiger partial charge in [0.2, 0.25) is 11.8 Å². The summed E-state index contributed by atoms with van der Waals surface area (Å²) in [5.41, 5.74) is 1.04. The number of hydrogen-bond donors (Lipinski definition) is 0. The van der Waals surface area contributed by atoms with Crippen LogP contribution in [0.25, 0.3) is 0 Å². The molecule has 6 nitrogen and oxygen atoms in total. The van der Waals surface area contributed by atoms with Crippen LogP contribution in [0, 0.1) is 5.92 Å². The van der Waals surface area contributed by atoms with Crippen molar-refractivity contribution in [2.75, 3.05) is 33.4 Å². The highest BCUT2D eigenvalue weighted by atomic mass is 16.5. The van der Waals surface area contributed by atoms with Gasteiger partial charge < -0.3 is 19.3 Å². The molecule has 0 radical (unpaired) electrons. The van der Waals surface area contributed by atoms with Crippen molar-refractivity contribution in [3.63, 3.8) is 0 Å². The summed E-state index contributed by atoms with van der Waals surface area (Å²) in [6.45, 7) is 4.80. The third-order valence-corrected chi connectivity index (χ3v) is 4.65. The highest BCUT2D eigenvalue weighted by Crippen LogP contribution is 2.23. The number of nitrogens with zero attached hydrogens (tertiary/aromatic N) is 2. The number of morpholine rings is 1. The third-order valence-electron chi connectivity index (χ3n) is 4.65. The predicted molar refractivity (Wildman–Crippen MR) is 88.5 cm³/mol. The fourth-order valence-electron chi connectivity index (χ4n) is 3.32. The standard InChI is InChI=1S/C18H24N2O4/c1-13-10-19(7-8-24-13)18(22)15-9-17(21)20(12-15)11-14-3-5-16(23-2)6-4-14/h3-6,13,15H,7-12H2,1-2H3. The summed E-state index contributed by atoms with van der Waals surface area (Å²) in [7, 11) is 1.63. The topological polar surface area (TPSA) is 59.1 Å². The maximum atomic E-state index is 12.6. The van der Waals surface area contributed by atoms with Crippen LogP contribution in [-0.2, 0) is 20.9 Å². The monoisotopic (exact) mass is 332 g/mol. The number of hydrogen-bond acceptors (Lipinski definition) is 4. The second-order valence-corrected chi connectivity index (χ2v) is 6.49. The first kappa shape index (κ1) is 16.8. The van der Waals surface area contributed by atoms with E-state index in [-0.39, 0.29) is 23.8 Å². The van der Waals surface area contributed by atoms with Crippen molar-refractivity contribution in [2.24, 2.45) is 5.92 Å². The number of methoxy groups -OCH3 is 1. The summed E-state index contributed by atoms with van der Waals surface area (Å²) < 4.78 is 10.6. The molecule has 0 aliphatic carbocycles. The number of amides is 2. The molecule has 3 rings (SSSR count). The van der Waals surface area contributed by atoms with Gasteiger partial charge in [0.05, 0.1) is 25.7 Å². The minimum atomic E-state index is -0.235. The summed E-state index contributed by atoms with van der Waals surface area (Å²) in [6, 6.07) is 7.66. The number of carbonyl (C=O) groups excluding carboxylic acids is 2. The second-order valence-electron chi connectivity index (χ2n) is 6.49. The molecule has 0 saturated carbocycles. The lowest BCUT2D eigenvalue weighted by Gasteiger charge is -2.32. The Bertz CT molecular complexity index is 602. The molecule has 24 heavy (non-hydrogen) atoms. The van der Waals surface area contributed by atoms with Gasteiger partial charge in [0, 0.05) is 32.6 Å². The summed E-state index contributed by atoms with van der Waals surface area (Å²) >= 11 is 0. The van der Waals surface area contributed by atoms with Gasteiger partial charge in [-0.1, -0.05) is 12.1 Å². The first-order valence-electron chi connectivity index (χ1n) is 8.38. The van der Waals surface area contributed by atoms with Crippen molar-refractivity contribution in [3.05, 3.63) is 29.8 Å². The van der Waals surface area contributed by atoms with E-state index in [1.165, 1.54) is 0 Å². The normalized spacial score (nSPS) is 24.3. The second kappa shape index (κ2) is 7.21. The van der Waals surface area contributed by atoms with E-state index in [9.17, 15) is 9.59 Å². The maximum absolute atomic E-state index is 12.6. The zero-order valence-electron chi connectivity index (χ0n) is 14.2. The summed E-state index contributed by atoms with van der Waals surface area (Å²) in [5.74, 6) is 0.684. The quantitative estimate of drug-likeness (QED) is 0.834. The first-order valence-corrected chi connectivity index (χ1v) is 8.38. The van der Waals surface area contributed by atoms with Crippen molar-refractivity contribution in [1.29, 1.82) is 0 Å². The molecular formula is C18H24N2O4. The molecule has 2 saturated heterocycles. The van der Waals surface area contributed by atoms with Crippen molar-refractivity contribution >= 4 is 11.8 Å². The molecule has 0 spiro atoms. The van der Waals surface area contributed by atoms with Crippen LogP contribution in [0.5, 0.6) is 5.75 Å². The minimum absolute atomic E-state index is 0.0467. The van der Waals surface area contributed by atoms with E-state index in [2.05, 4.69) is 0 Å². The molecule has 2 aliphatic heterocycles. The van der Waals surface area contributed by atoms with Gasteiger partial charge in [-0.3, -0.25) is 9.59 Å². The average molecular weight is 332 g/mol. The number of benzene rings is 1. The van der Waals surface area contributed by atoms with Gasteiger partial charge >= 0.3 is 0 Å². The highest BCUT2D eigenvalue weighted by molar-refractivity contribution is 5.89. The van der Waals surface area contributed by atoms with Crippen molar-refractivity contribution in [2.45, 2.75) is 26.0 Å². The molecule has 0 N–H and O–H groups in total. The van der Waals surface area contributed by atoms with E-state index in [0.717, 1.165) is 11.3 Å².